The second-order valence-corrected chi connectivity index (χ2v) is 3.11. The van der Waals surface area contributed by atoms with Gasteiger partial charge in [0, 0.05) is 0 Å². The van der Waals surface area contributed by atoms with Gasteiger partial charge < -0.3 is 4.52 Å². The summed E-state index contributed by atoms with van der Waals surface area (Å²) in [5.74, 6) is 0.975. The van der Waals surface area contributed by atoms with Gasteiger partial charge >= 0.3 is 0 Å². The summed E-state index contributed by atoms with van der Waals surface area (Å²) < 4.78 is 5.38. The lowest BCUT2D eigenvalue weighted by Gasteiger charge is -2.01. The van der Waals surface area contributed by atoms with E-state index in [2.05, 4.69) is 6.92 Å². The van der Waals surface area contributed by atoms with Crippen molar-refractivity contribution in [2.45, 2.75) is 6.92 Å². The van der Waals surface area contributed by atoms with Crippen molar-refractivity contribution in [1.29, 1.82) is 0 Å². The van der Waals surface area contributed by atoms with E-state index < -0.39 is 0 Å². The lowest BCUT2D eigenvalue weighted by molar-refractivity contribution is 0.631. The van der Waals surface area contributed by atoms with E-state index in [0.29, 0.717) is 8.81 Å². The first-order chi connectivity index (χ1) is 4.93. The predicted octanol–water partition coefficient (Wildman–Crippen LogP) is 2.68. The van der Waals surface area contributed by atoms with Gasteiger partial charge in [0.2, 0.25) is 0 Å². The highest BCUT2D eigenvalue weighted by molar-refractivity contribution is 7.32. The number of hydrogen-bond donors (Lipinski definition) is 0. The Morgan fingerprint density at radius 1 is 1.30 bits per heavy atom. The lowest BCUT2D eigenvalue weighted by Crippen LogP contribution is -1.76. The molecule has 10 heavy (non-hydrogen) atoms. The summed E-state index contributed by atoms with van der Waals surface area (Å²) >= 11 is 0. The molecule has 0 spiro atoms. The van der Waals surface area contributed by atoms with E-state index in [1.807, 2.05) is 30.3 Å². The van der Waals surface area contributed by atoms with Crippen LogP contribution in [-0.2, 0) is 0 Å². The molecular weight excluding hydrogens is 143 g/mol. The van der Waals surface area contributed by atoms with Gasteiger partial charge in [-0.05, 0) is 18.3 Å². The molecule has 1 nitrogen and oxygen atoms in total. The van der Waals surface area contributed by atoms with E-state index >= 15 is 0 Å². The molecule has 2 heteroatoms. The number of benzene rings is 1. The van der Waals surface area contributed by atoms with E-state index in [9.17, 15) is 0 Å². The van der Waals surface area contributed by atoms with Crippen LogP contribution >= 0.6 is 8.81 Å². The Kier molecular flexibility index (Phi) is 3.25. The van der Waals surface area contributed by atoms with Gasteiger partial charge in [0.1, 0.15) is 5.75 Å². The van der Waals surface area contributed by atoms with Crippen LogP contribution in [0.25, 0.3) is 0 Å². The topological polar surface area (TPSA) is 9.23 Å². The third kappa shape index (κ3) is 2.36. The van der Waals surface area contributed by atoms with Gasteiger partial charge in [-0.25, -0.2) is 0 Å². The fourth-order valence-electron chi connectivity index (χ4n) is 0.644. The maximum absolute atomic E-state index is 5.38. The summed E-state index contributed by atoms with van der Waals surface area (Å²) in [5.41, 5.74) is 0. The minimum atomic E-state index is 0.592. The summed E-state index contributed by atoms with van der Waals surface area (Å²) in [6.07, 6.45) is 1.09. The van der Waals surface area contributed by atoms with Crippen molar-refractivity contribution in [3.63, 3.8) is 0 Å². The highest BCUT2D eigenvalue weighted by atomic mass is 31.1. The second-order valence-electron chi connectivity index (χ2n) is 1.91. The SMILES string of the molecule is CCPOc1ccccc1. The molecule has 1 aromatic rings. The zero-order valence-electron chi connectivity index (χ0n) is 6.00. The van der Waals surface area contributed by atoms with Crippen LogP contribution in [0.1, 0.15) is 6.92 Å². The molecule has 1 atom stereocenters. The van der Waals surface area contributed by atoms with Crippen LogP contribution in [0, 0.1) is 0 Å². The molecule has 0 bridgehead atoms. The highest BCUT2D eigenvalue weighted by Crippen LogP contribution is 2.18. The molecule has 1 rings (SSSR count). The minimum absolute atomic E-state index is 0.592. The fourth-order valence-corrected chi connectivity index (χ4v) is 1.09. The summed E-state index contributed by atoms with van der Waals surface area (Å²) in [4.78, 5) is 0. The van der Waals surface area contributed by atoms with Crippen LogP contribution in [0.3, 0.4) is 0 Å². The molecule has 0 aliphatic heterocycles. The monoisotopic (exact) mass is 154 g/mol. The molecule has 0 saturated heterocycles. The average Bonchev–Trinajstić information content (AvgIpc) is 2.03. The first kappa shape index (κ1) is 7.56. The van der Waals surface area contributed by atoms with Crippen molar-refractivity contribution in [3.05, 3.63) is 30.3 Å². The number of rotatable bonds is 3. The van der Waals surface area contributed by atoms with E-state index in [4.69, 9.17) is 4.52 Å². The standard InChI is InChI=1S/C8H11OP/c1-2-10-9-8-6-4-3-5-7-8/h3-7,10H,2H2,1H3. The summed E-state index contributed by atoms with van der Waals surface area (Å²) in [5, 5.41) is 0. The smallest absolute Gasteiger partial charge is 0.122 e. The average molecular weight is 154 g/mol. The number of para-hydroxylation sites is 1. The molecule has 0 amide bonds. The molecule has 0 fully saturated rings. The van der Waals surface area contributed by atoms with Crippen LogP contribution < -0.4 is 4.52 Å². The Hall–Kier alpha value is -0.550. The quantitative estimate of drug-likeness (QED) is 0.608. The van der Waals surface area contributed by atoms with Crippen molar-refractivity contribution in [2.24, 2.45) is 0 Å². The zero-order chi connectivity index (χ0) is 7.23. The van der Waals surface area contributed by atoms with Crippen LogP contribution in [0.2, 0.25) is 0 Å². The summed E-state index contributed by atoms with van der Waals surface area (Å²) in [6.45, 7) is 2.11. The van der Waals surface area contributed by atoms with Crippen molar-refractivity contribution in [3.8, 4) is 5.75 Å². The molecule has 0 saturated carbocycles. The molecular formula is C8H11OP. The van der Waals surface area contributed by atoms with E-state index in [1.165, 1.54) is 0 Å². The second kappa shape index (κ2) is 4.29. The third-order valence-corrected chi connectivity index (χ3v) is 1.75. The van der Waals surface area contributed by atoms with Crippen LogP contribution in [-0.4, -0.2) is 6.16 Å². The molecule has 0 heterocycles. The van der Waals surface area contributed by atoms with Crippen LogP contribution in [0.4, 0.5) is 0 Å². The molecule has 1 unspecified atom stereocenters. The van der Waals surface area contributed by atoms with Crippen molar-refractivity contribution >= 4 is 8.81 Å². The highest BCUT2D eigenvalue weighted by Gasteiger charge is 1.86. The van der Waals surface area contributed by atoms with E-state index in [1.54, 1.807) is 0 Å². The molecule has 0 aromatic heterocycles. The van der Waals surface area contributed by atoms with Gasteiger partial charge in [0.25, 0.3) is 0 Å². The molecule has 0 radical (unpaired) electrons. The largest absolute Gasteiger partial charge is 0.477 e. The van der Waals surface area contributed by atoms with Gasteiger partial charge in [0.05, 0.1) is 8.81 Å². The van der Waals surface area contributed by atoms with Crippen LogP contribution in [0.15, 0.2) is 30.3 Å². The normalized spacial score (nSPS) is 10.5. The van der Waals surface area contributed by atoms with E-state index in [-0.39, 0.29) is 0 Å². The van der Waals surface area contributed by atoms with Crippen molar-refractivity contribution in [2.75, 3.05) is 6.16 Å². The Bertz CT molecular complexity index is 174. The van der Waals surface area contributed by atoms with Crippen molar-refractivity contribution < 1.29 is 4.52 Å². The maximum Gasteiger partial charge on any atom is 0.122 e. The van der Waals surface area contributed by atoms with Gasteiger partial charge in [-0.15, -0.1) is 0 Å². The van der Waals surface area contributed by atoms with Gasteiger partial charge in [-0.1, -0.05) is 25.1 Å². The zero-order valence-corrected chi connectivity index (χ0v) is 7.00. The Morgan fingerprint density at radius 2 is 2.00 bits per heavy atom. The van der Waals surface area contributed by atoms with E-state index in [0.717, 1.165) is 11.9 Å². The third-order valence-electron chi connectivity index (χ3n) is 1.08. The first-order valence-electron chi connectivity index (χ1n) is 3.38. The van der Waals surface area contributed by atoms with Gasteiger partial charge in [-0.3, -0.25) is 0 Å². The molecule has 1 aromatic carbocycles. The van der Waals surface area contributed by atoms with Crippen molar-refractivity contribution in [1.82, 2.24) is 0 Å². The van der Waals surface area contributed by atoms with Crippen LogP contribution in [0.5, 0.6) is 5.75 Å². The fraction of sp³-hybridized carbons (Fsp3) is 0.250. The van der Waals surface area contributed by atoms with Gasteiger partial charge in [-0.2, -0.15) is 0 Å². The number of hydrogen-bond acceptors (Lipinski definition) is 1. The molecule has 0 N–H and O–H groups in total. The maximum atomic E-state index is 5.38. The summed E-state index contributed by atoms with van der Waals surface area (Å²) in [6, 6.07) is 9.90. The predicted molar refractivity (Wildman–Crippen MR) is 45.9 cm³/mol. The van der Waals surface area contributed by atoms with Gasteiger partial charge in [0.15, 0.2) is 0 Å². The molecule has 0 aliphatic rings. The Labute approximate surface area is 63.3 Å². The molecule has 54 valence electrons. The lowest BCUT2D eigenvalue weighted by atomic mass is 10.3. The Morgan fingerprint density at radius 3 is 2.60 bits per heavy atom. The molecule has 0 aliphatic carbocycles. The first-order valence-corrected chi connectivity index (χ1v) is 4.49. The minimum Gasteiger partial charge on any atom is -0.477 e. The summed E-state index contributed by atoms with van der Waals surface area (Å²) in [7, 11) is 0.592. The Balaban J connectivity index is 2.43.